The Morgan fingerprint density at radius 2 is 1.46 bits per heavy atom. The summed E-state index contributed by atoms with van der Waals surface area (Å²) >= 11 is 0. The van der Waals surface area contributed by atoms with Crippen LogP contribution >= 0.6 is 0 Å². The summed E-state index contributed by atoms with van der Waals surface area (Å²) in [4.78, 5) is 11.7. The number of hydrogen-bond acceptors (Lipinski definition) is 3. The molecule has 0 aromatic heterocycles. The fraction of sp³-hybridized carbons (Fsp3) is 0.316. The van der Waals surface area contributed by atoms with Crippen molar-refractivity contribution in [3.8, 4) is 0 Å². The van der Waals surface area contributed by atoms with Crippen LogP contribution in [0.25, 0.3) is 0 Å². The number of carboxylic acids is 1. The van der Waals surface area contributed by atoms with Gasteiger partial charge in [-0.2, -0.15) is 0 Å². The molecule has 0 aliphatic rings. The third kappa shape index (κ3) is 3.67. The lowest BCUT2D eigenvalue weighted by molar-refractivity contribution is -0.136. The quantitative estimate of drug-likeness (QED) is 0.911. The highest BCUT2D eigenvalue weighted by Crippen LogP contribution is 2.31. The molecule has 0 saturated carbocycles. The normalized spacial score (nSPS) is 13.5. The van der Waals surface area contributed by atoms with E-state index in [4.69, 9.17) is 0 Å². The molecule has 1 atom stereocenters. The van der Waals surface area contributed by atoms with Crippen LogP contribution in [0.5, 0.6) is 0 Å². The zero-order valence-electron chi connectivity index (χ0n) is 14.3. The molecule has 2 aromatic rings. The van der Waals surface area contributed by atoms with E-state index in [1.807, 2.05) is 27.7 Å². The molecule has 2 rings (SSSR count). The van der Waals surface area contributed by atoms with Gasteiger partial charge in [-0.3, -0.25) is 4.79 Å². The van der Waals surface area contributed by atoms with Crippen molar-refractivity contribution in [3.05, 3.63) is 65.2 Å². The molecule has 5 heteroatoms. The standard InChI is InChI=1S/C19H22O4S/c1-13-5-11-16(12-6-13)24(22,23)17(18(20)21)14-7-9-15(10-8-14)19(2,3)4/h5-12,17H,1-4H3,(H,20,21). The Hall–Kier alpha value is -2.14. The topological polar surface area (TPSA) is 71.4 Å². The summed E-state index contributed by atoms with van der Waals surface area (Å²) in [5.74, 6) is -1.38. The molecule has 0 radical (unpaired) electrons. The highest BCUT2D eigenvalue weighted by atomic mass is 32.2. The van der Waals surface area contributed by atoms with Crippen LogP contribution in [0.1, 0.15) is 42.7 Å². The van der Waals surface area contributed by atoms with Gasteiger partial charge in [-0.15, -0.1) is 0 Å². The maximum Gasteiger partial charge on any atom is 0.326 e. The Bertz CT molecular complexity index is 826. The Kier molecular flexibility index (Phi) is 4.85. The predicted octanol–water partition coefficient (Wildman–Crippen LogP) is 3.89. The highest BCUT2D eigenvalue weighted by Gasteiger charge is 2.35. The number of carboxylic acid groups (broad SMARTS) is 1. The van der Waals surface area contributed by atoms with Gasteiger partial charge in [0.1, 0.15) is 0 Å². The molecule has 0 saturated heterocycles. The molecule has 128 valence electrons. The maximum absolute atomic E-state index is 12.8. The molecule has 0 spiro atoms. The van der Waals surface area contributed by atoms with Gasteiger partial charge in [-0.05, 0) is 35.6 Å². The second-order valence-electron chi connectivity index (χ2n) is 6.95. The predicted molar refractivity (Wildman–Crippen MR) is 93.9 cm³/mol. The first kappa shape index (κ1) is 18.2. The lowest BCUT2D eigenvalue weighted by Gasteiger charge is -2.20. The number of benzene rings is 2. The van der Waals surface area contributed by atoms with Gasteiger partial charge in [0.25, 0.3) is 0 Å². The molecule has 0 fully saturated rings. The van der Waals surface area contributed by atoms with Gasteiger partial charge in [0.05, 0.1) is 4.90 Å². The molecule has 0 amide bonds. The van der Waals surface area contributed by atoms with Crippen molar-refractivity contribution in [1.82, 2.24) is 0 Å². The maximum atomic E-state index is 12.8. The smallest absolute Gasteiger partial charge is 0.326 e. The summed E-state index contributed by atoms with van der Waals surface area (Å²) < 4.78 is 25.6. The highest BCUT2D eigenvalue weighted by molar-refractivity contribution is 7.92. The van der Waals surface area contributed by atoms with E-state index in [1.54, 1.807) is 36.4 Å². The molecule has 24 heavy (non-hydrogen) atoms. The number of carbonyl (C=O) groups is 1. The van der Waals surface area contributed by atoms with Crippen molar-refractivity contribution in [2.75, 3.05) is 0 Å². The van der Waals surface area contributed by atoms with Crippen LogP contribution in [0.2, 0.25) is 0 Å². The minimum Gasteiger partial charge on any atom is -0.480 e. The van der Waals surface area contributed by atoms with E-state index in [-0.39, 0.29) is 15.9 Å². The molecule has 0 aliphatic heterocycles. The SMILES string of the molecule is Cc1ccc(S(=O)(=O)C(C(=O)O)c2ccc(C(C)(C)C)cc2)cc1. The Morgan fingerprint density at radius 1 is 0.958 bits per heavy atom. The summed E-state index contributed by atoms with van der Waals surface area (Å²) in [5.41, 5.74) is 2.10. The van der Waals surface area contributed by atoms with E-state index >= 15 is 0 Å². The largest absolute Gasteiger partial charge is 0.480 e. The summed E-state index contributed by atoms with van der Waals surface area (Å²) in [5, 5.41) is 7.91. The molecular formula is C19H22O4S. The molecule has 0 heterocycles. The van der Waals surface area contributed by atoms with Crippen LogP contribution in [0.15, 0.2) is 53.4 Å². The third-order valence-electron chi connectivity index (χ3n) is 3.96. The second kappa shape index (κ2) is 6.40. The van der Waals surface area contributed by atoms with Crippen LogP contribution in [-0.2, 0) is 20.0 Å². The van der Waals surface area contributed by atoms with E-state index in [9.17, 15) is 18.3 Å². The Morgan fingerprint density at radius 3 is 1.88 bits per heavy atom. The molecule has 0 aliphatic carbocycles. The van der Waals surface area contributed by atoms with Crippen molar-refractivity contribution in [2.45, 2.75) is 43.3 Å². The van der Waals surface area contributed by atoms with Gasteiger partial charge in [-0.25, -0.2) is 8.42 Å². The summed E-state index contributed by atoms with van der Waals surface area (Å²) in [6.45, 7) is 7.97. The number of hydrogen-bond donors (Lipinski definition) is 1. The second-order valence-corrected chi connectivity index (χ2v) is 8.98. The summed E-state index contributed by atoms with van der Waals surface area (Å²) in [6.07, 6.45) is 0. The first-order valence-corrected chi connectivity index (χ1v) is 9.22. The number of rotatable bonds is 4. The average Bonchev–Trinajstić information content (AvgIpc) is 2.46. The van der Waals surface area contributed by atoms with Crippen molar-refractivity contribution in [1.29, 1.82) is 0 Å². The number of aryl methyl sites for hydroxylation is 1. The number of aliphatic carboxylic acids is 1. The van der Waals surface area contributed by atoms with Crippen LogP contribution in [0, 0.1) is 6.92 Å². The first-order valence-electron chi connectivity index (χ1n) is 7.67. The first-order chi connectivity index (χ1) is 11.0. The fourth-order valence-electron chi connectivity index (χ4n) is 2.48. The van der Waals surface area contributed by atoms with Crippen LogP contribution in [0.3, 0.4) is 0 Å². The zero-order valence-corrected chi connectivity index (χ0v) is 15.1. The van der Waals surface area contributed by atoms with E-state index in [2.05, 4.69) is 0 Å². The van der Waals surface area contributed by atoms with Crippen LogP contribution in [-0.4, -0.2) is 19.5 Å². The van der Waals surface area contributed by atoms with Crippen molar-refractivity contribution in [3.63, 3.8) is 0 Å². The zero-order chi connectivity index (χ0) is 18.1. The van der Waals surface area contributed by atoms with E-state index in [0.29, 0.717) is 0 Å². The lowest BCUT2D eigenvalue weighted by atomic mass is 9.86. The minimum absolute atomic E-state index is 0.0143. The van der Waals surface area contributed by atoms with Gasteiger partial charge in [-0.1, -0.05) is 62.7 Å². The van der Waals surface area contributed by atoms with Gasteiger partial charge >= 0.3 is 5.97 Å². The lowest BCUT2D eigenvalue weighted by Crippen LogP contribution is -2.22. The molecule has 2 aromatic carbocycles. The molecule has 4 nitrogen and oxygen atoms in total. The summed E-state index contributed by atoms with van der Waals surface area (Å²) in [7, 11) is -4.02. The monoisotopic (exact) mass is 346 g/mol. The van der Waals surface area contributed by atoms with Gasteiger partial charge in [0.2, 0.25) is 0 Å². The Balaban J connectivity index is 2.50. The fourth-order valence-corrected chi connectivity index (χ4v) is 4.04. The van der Waals surface area contributed by atoms with Crippen molar-refractivity contribution < 1.29 is 18.3 Å². The minimum atomic E-state index is -4.02. The third-order valence-corrected chi connectivity index (χ3v) is 5.99. The van der Waals surface area contributed by atoms with E-state index < -0.39 is 21.1 Å². The van der Waals surface area contributed by atoms with E-state index in [0.717, 1.165) is 11.1 Å². The van der Waals surface area contributed by atoms with Gasteiger partial charge < -0.3 is 5.11 Å². The molecular weight excluding hydrogens is 324 g/mol. The number of sulfone groups is 1. The molecule has 0 bridgehead atoms. The van der Waals surface area contributed by atoms with Crippen LogP contribution < -0.4 is 0 Å². The Labute approximate surface area is 143 Å². The average molecular weight is 346 g/mol. The molecule has 1 N–H and O–H groups in total. The van der Waals surface area contributed by atoms with Crippen LogP contribution in [0.4, 0.5) is 0 Å². The van der Waals surface area contributed by atoms with E-state index in [1.165, 1.54) is 12.1 Å². The van der Waals surface area contributed by atoms with Gasteiger partial charge in [0, 0.05) is 0 Å². The summed E-state index contributed by atoms with van der Waals surface area (Å²) in [6, 6.07) is 13.0. The van der Waals surface area contributed by atoms with Crippen molar-refractivity contribution >= 4 is 15.8 Å². The molecule has 1 unspecified atom stereocenters. The van der Waals surface area contributed by atoms with Gasteiger partial charge in [0.15, 0.2) is 15.1 Å². The van der Waals surface area contributed by atoms with Crippen molar-refractivity contribution in [2.24, 2.45) is 0 Å².